The van der Waals surface area contributed by atoms with Crippen LogP contribution in [0.25, 0.3) is 0 Å². The zero-order valence-corrected chi connectivity index (χ0v) is 14.0. The van der Waals surface area contributed by atoms with Crippen molar-refractivity contribution < 1.29 is 14.6 Å². The average molecular weight is 322 g/mol. The highest BCUT2D eigenvalue weighted by atomic mass is 16.5. The van der Waals surface area contributed by atoms with E-state index in [0.717, 1.165) is 45.1 Å². The maximum atomic E-state index is 12.2. The van der Waals surface area contributed by atoms with Crippen LogP contribution < -0.4 is 10.6 Å². The first-order valence-corrected chi connectivity index (χ1v) is 9.36. The van der Waals surface area contributed by atoms with E-state index in [2.05, 4.69) is 10.6 Å². The molecule has 5 nitrogen and oxygen atoms in total. The van der Waals surface area contributed by atoms with Crippen LogP contribution in [0.3, 0.4) is 0 Å². The number of carbonyl (C=O) groups excluding carboxylic acids is 1. The number of hydrogen-bond donors (Lipinski definition) is 3. The number of nitrogens with one attached hydrogen (secondary N) is 2. The number of carbonyl (C=O) groups is 1. The Hall–Kier alpha value is -0.810. The van der Waals surface area contributed by atoms with E-state index >= 15 is 0 Å². The fourth-order valence-electron chi connectivity index (χ4n) is 5.44. The predicted octanol–water partition coefficient (Wildman–Crippen LogP) is 2.33. The van der Waals surface area contributed by atoms with Crippen LogP contribution in [0, 0.1) is 10.8 Å². The highest BCUT2D eigenvalue weighted by Crippen LogP contribution is 2.64. The predicted molar refractivity (Wildman–Crippen MR) is 87.1 cm³/mol. The molecule has 5 heteroatoms. The molecule has 0 bridgehead atoms. The largest absolute Gasteiger partial charge is 0.396 e. The zero-order chi connectivity index (χ0) is 16.0. The summed E-state index contributed by atoms with van der Waals surface area (Å²) in [6.45, 7) is 1.55. The molecule has 0 aromatic rings. The SMILES string of the molecule is O=C(NCC1(CO)CC2(CCC2)C1)N[C@H]1CCOC2(CCC2)C1. The molecule has 0 aromatic carbocycles. The van der Waals surface area contributed by atoms with Crippen LogP contribution in [-0.2, 0) is 4.74 Å². The van der Waals surface area contributed by atoms with Gasteiger partial charge in [0.2, 0.25) is 0 Å². The molecule has 2 amide bonds. The number of aliphatic hydroxyl groups is 1. The minimum absolute atomic E-state index is 0.0626. The summed E-state index contributed by atoms with van der Waals surface area (Å²) >= 11 is 0. The highest BCUT2D eigenvalue weighted by molar-refractivity contribution is 5.74. The van der Waals surface area contributed by atoms with Crippen molar-refractivity contribution in [1.29, 1.82) is 0 Å². The van der Waals surface area contributed by atoms with E-state index in [0.29, 0.717) is 12.0 Å². The standard InChI is InChI=1S/C18H30N2O3/c21-13-17(10-16(11-17)4-1-5-16)12-19-15(22)20-14-3-8-23-18(9-14)6-2-7-18/h14,21H,1-13H2,(H2,19,20,22)/t14-/m0/s1. The minimum atomic E-state index is -0.0752. The number of amides is 2. The number of urea groups is 1. The molecule has 0 aromatic heterocycles. The molecule has 2 spiro atoms. The summed E-state index contributed by atoms with van der Waals surface area (Å²) in [5, 5.41) is 15.9. The Labute approximate surface area is 138 Å². The number of ether oxygens (including phenoxy) is 1. The van der Waals surface area contributed by atoms with Gasteiger partial charge in [0.1, 0.15) is 0 Å². The normalized spacial score (nSPS) is 32.5. The van der Waals surface area contributed by atoms with Crippen molar-refractivity contribution >= 4 is 6.03 Å². The maximum absolute atomic E-state index is 12.2. The van der Waals surface area contributed by atoms with Crippen molar-refractivity contribution in [1.82, 2.24) is 10.6 Å². The molecule has 3 N–H and O–H groups in total. The van der Waals surface area contributed by atoms with Crippen LogP contribution in [0.15, 0.2) is 0 Å². The lowest BCUT2D eigenvalue weighted by Gasteiger charge is -2.60. The van der Waals surface area contributed by atoms with E-state index < -0.39 is 0 Å². The Kier molecular flexibility index (Phi) is 3.84. The van der Waals surface area contributed by atoms with Gasteiger partial charge in [-0.25, -0.2) is 4.79 Å². The molecule has 0 radical (unpaired) electrons. The van der Waals surface area contributed by atoms with Crippen molar-refractivity contribution in [3.05, 3.63) is 0 Å². The first-order chi connectivity index (χ1) is 11.1. The van der Waals surface area contributed by atoms with Gasteiger partial charge in [0.25, 0.3) is 0 Å². The molecule has 4 aliphatic rings. The smallest absolute Gasteiger partial charge is 0.315 e. The molecular weight excluding hydrogens is 292 g/mol. The molecule has 1 atom stereocenters. The van der Waals surface area contributed by atoms with Crippen LogP contribution in [0.2, 0.25) is 0 Å². The average Bonchev–Trinajstić information content (AvgIpc) is 2.43. The molecule has 23 heavy (non-hydrogen) atoms. The van der Waals surface area contributed by atoms with Gasteiger partial charge in [-0.3, -0.25) is 0 Å². The molecule has 1 saturated heterocycles. The minimum Gasteiger partial charge on any atom is -0.396 e. The molecule has 3 aliphatic carbocycles. The van der Waals surface area contributed by atoms with E-state index in [1.54, 1.807) is 0 Å². The highest BCUT2D eigenvalue weighted by Gasteiger charge is 2.56. The van der Waals surface area contributed by atoms with Gasteiger partial charge in [-0.15, -0.1) is 0 Å². The van der Waals surface area contributed by atoms with Gasteiger partial charge in [0.15, 0.2) is 0 Å². The molecular formula is C18H30N2O3. The van der Waals surface area contributed by atoms with Crippen LogP contribution in [0.4, 0.5) is 4.79 Å². The topological polar surface area (TPSA) is 70.6 Å². The molecule has 4 rings (SSSR count). The lowest BCUT2D eigenvalue weighted by molar-refractivity contribution is -0.134. The molecule has 0 unspecified atom stereocenters. The summed E-state index contributed by atoms with van der Waals surface area (Å²) in [6, 6.07) is 0.155. The van der Waals surface area contributed by atoms with Crippen LogP contribution in [0.1, 0.15) is 64.2 Å². The van der Waals surface area contributed by atoms with E-state index in [1.807, 2.05) is 0 Å². The van der Waals surface area contributed by atoms with Crippen molar-refractivity contribution in [3.8, 4) is 0 Å². The summed E-state index contributed by atoms with van der Waals surface area (Å²) in [6.07, 6.45) is 11.5. The molecule has 4 fully saturated rings. The van der Waals surface area contributed by atoms with Crippen LogP contribution >= 0.6 is 0 Å². The second-order valence-electron chi connectivity index (χ2n) is 8.77. The van der Waals surface area contributed by atoms with Crippen LogP contribution in [-0.4, -0.2) is 42.5 Å². The van der Waals surface area contributed by atoms with Gasteiger partial charge in [-0.05, 0) is 63.2 Å². The van der Waals surface area contributed by atoms with Gasteiger partial charge < -0.3 is 20.5 Å². The maximum Gasteiger partial charge on any atom is 0.315 e. The molecule has 130 valence electrons. The van der Waals surface area contributed by atoms with E-state index in [4.69, 9.17) is 4.74 Å². The first kappa shape index (κ1) is 15.7. The Morgan fingerprint density at radius 3 is 2.48 bits per heavy atom. The second-order valence-corrected chi connectivity index (χ2v) is 8.77. The third-order valence-corrected chi connectivity index (χ3v) is 6.97. The van der Waals surface area contributed by atoms with Crippen molar-refractivity contribution in [2.24, 2.45) is 10.8 Å². The summed E-state index contributed by atoms with van der Waals surface area (Å²) in [5.74, 6) is 0. The summed E-state index contributed by atoms with van der Waals surface area (Å²) < 4.78 is 5.91. The van der Waals surface area contributed by atoms with Crippen LogP contribution in [0.5, 0.6) is 0 Å². The summed E-state index contributed by atoms with van der Waals surface area (Å²) in [7, 11) is 0. The Morgan fingerprint density at radius 1 is 1.17 bits per heavy atom. The van der Waals surface area contributed by atoms with E-state index in [-0.39, 0.29) is 29.7 Å². The first-order valence-electron chi connectivity index (χ1n) is 9.36. The van der Waals surface area contributed by atoms with Gasteiger partial charge in [0.05, 0.1) is 12.2 Å². The van der Waals surface area contributed by atoms with Gasteiger partial charge in [0, 0.05) is 24.6 Å². The number of rotatable bonds is 4. The summed E-state index contributed by atoms with van der Waals surface area (Å²) in [5.41, 5.74) is 0.508. The number of hydrogen-bond acceptors (Lipinski definition) is 3. The lowest BCUT2D eigenvalue weighted by Crippen LogP contribution is -2.59. The third-order valence-electron chi connectivity index (χ3n) is 6.97. The van der Waals surface area contributed by atoms with E-state index in [9.17, 15) is 9.90 Å². The fourth-order valence-corrected chi connectivity index (χ4v) is 5.44. The lowest BCUT2D eigenvalue weighted by atomic mass is 9.45. The third kappa shape index (κ3) is 2.86. The van der Waals surface area contributed by atoms with Crippen molar-refractivity contribution in [3.63, 3.8) is 0 Å². The summed E-state index contributed by atoms with van der Waals surface area (Å²) in [4.78, 5) is 12.2. The Morgan fingerprint density at radius 2 is 1.91 bits per heavy atom. The number of aliphatic hydroxyl groups excluding tert-OH is 1. The van der Waals surface area contributed by atoms with E-state index in [1.165, 1.54) is 25.7 Å². The van der Waals surface area contributed by atoms with Gasteiger partial charge in [-0.2, -0.15) is 0 Å². The molecule has 1 heterocycles. The second kappa shape index (κ2) is 5.62. The fraction of sp³-hybridized carbons (Fsp3) is 0.944. The molecule has 3 saturated carbocycles. The molecule has 1 aliphatic heterocycles. The van der Waals surface area contributed by atoms with Crippen molar-refractivity contribution in [2.45, 2.75) is 75.9 Å². The van der Waals surface area contributed by atoms with Gasteiger partial charge in [-0.1, -0.05) is 6.42 Å². The monoisotopic (exact) mass is 322 g/mol. The quantitative estimate of drug-likeness (QED) is 0.744. The Bertz CT molecular complexity index is 463. The zero-order valence-electron chi connectivity index (χ0n) is 14.0. The van der Waals surface area contributed by atoms with Gasteiger partial charge >= 0.3 is 6.03 Å². The Balaban J connectivity index is 1.22. The van der Waals surface area contributed by atoms with Crippen molar-refractivity contribution in [2.75, 3.05) is 19.8 Å².